The number of guanidine groups is 1. The summed E-state index contributed by atoms with van der Waals surface area (Å²) >= 11 is 2.26. The predicted molar refractivity (Wildman–Crippen MR) is 71.2 cm³/mol. The number of H-pyrrole nitrogens is 1. The van der Waals surface area contributed by atoms with Gasteiger partial charge >= 0.3 is 0 Å². The van der Waals surface area contributed by atoms with E-state index >= 15 is 0 Å². The van der Waals surface area contributed by atoms with Gasteiger partial charge in [0.25, 0.3) is 0 Å². The van der Waals surface area contributed by atoms with Crippen LogP contribution in [-0.4, -0.2) is 10.9 Å². The summed E-state index contributed by atoms with van der Waals surface area (Å²) in [4.78, 5) is 7.32. The van der Waals surface area contributed by atoms with Crippen LogP contribution in [0.5, 0.6) is 0 Å². The zero-order valence-electron chi connectivity index (χ0n) is 8.21. The minimum absolute atomic E-state index is 0.0809. The van der Waals surface area contributed by atoms with Crippen molar-refractivity contribution in [3.05, 3.63) is 27.5 Å². The first-order valence-corrected chi connectivity index (χ1v) is 5.52. The van der Waals surface area contributed by atoms with Gasteiger partial charge in [-0.3, -0.25) is 0 Å². The summed E-state index contributed by atoms with van der Waals surface area (Å²) in [5, 5.41) is 1.12. The lowest BCUT2D eigenvalue weighted by atomic mass is 10.2. The Balaban J connectivity index is 2.66. The van der Waals surface area contributed by atoms with Gasteiger partial charge < -0.3 is 16.5 Å². The molecule has 0 atom stereocenters. The smallest absolute Gasteiger partial charge is 0.191 e. The lowest BCUT2D eigenvalue weighted by molar-refractivity contribution is 1.30. The van der Waals surface area contributed by atoms with Gasteiger partial charge in [0.2, 0.25) is 0 Å². The Morgan fingerprint density at radius 2 is 2.07 bits per heavy atom. The molecule has 4 nitrogen and oxygen atoms in total. The maximum atomic E-state index is 5.34. The number of hydrogen-bond donors (Lipinski definition) is 3. The van der Waals surface area contributed by atoms with Crippen molar-refractivity contribution < 1.29 is 0 Å². The average molecular weight is 314 g/mol. The molecule has 0 amide bonds. The Morgan fingerprint density at radius 3 is 2.73 bits per heavy atom. The van der Waals surface area contributed by atoms with E-state index < -0.39 is 0 Å². The number of aliphatic imine (C=N–C) groups is 1. The highest BCUT2D eigenvalue weighted by atomic mass is 127. The van der Waals surface area contributed by atoms with Crippen molar-refractivity contribution in [2.75, 3.05) is 0 Å². The van der Waals surface area contributed by atoms with Crippen LogP contribution in [0.1, 0.15) is 5.69 Å². The molecule has 0 fully saturated rings. The van der Waals surface area contributed by atoms with E-state index in [9.17, 15) is 0 Å². The van der Waals surface area contributed by atoms with Crippen LogP contribution >= 0.6 is 22.6 Å². The molecule has 1 aromatic carbocycles. The molecule has 2 rings (SSSR count). The van der Waals surface area contributed by atoms with Crippen LogP contribution in [-0.2, 0) is 0 Å². The Labute approximate surface area is 101 Å². The van der Waals surface area contributed by atoms with E-state index in [0.717, 1.165) is 25.9 Å². The molecule has 78 valence electrons. The summed E-state index contributed by atoms with van der Waals surface area (Å²) in [7, 11) is 0. The maximum Gasteiger partial charge on any atom is 0.191 e. The Bertz CT molecular complexity index is 538. The van der Waals surface area contributed by atoms with Gasteiger partial charge in [-0.1, -0.05) is 0 Å². The van der Waals surface area contributed by atoms with Crippen LogP contribution in [0.15, 0.2) is 23.2 Å². The van der Waals surface area contributed by atoms with E-state index in [4.69, 9.17) is 11.5 Å². The van der Waals surface area contributed by atoms with Gasteiger partial charge in [-0.15, -0.1) is 0 Å². The normalized spacial score (nSPS) is 10.5. The number of halogens is 1. The molecule has 0 saturated carbocycles. The Morgan fingerprint density at radius 1 is 1.33 bits per heavy atom. The first kappa shape index (κ1) is 10.3. The van der Waals surface area contributed by atoms with Crippen LogP contribution < -0.4 is 11.5 Å². The number of aromatic amines is 1. The van der Waals surface area contributed by atoms with E-state index in [2.05, 4.69) is 38.6 Å². The lowest BCUT2D eigenvalue weighted by Gasteiger charge is -1.98. The number of aromatic nitrogens is 1. The Kier molecular flexibility index (Phi) is 2.56. The van der Waals surface area contributed by atoms with E-state index in [1.165, 1.54) is 0 Å². The van der Waals surface area contributed by atoms with Crippen LogP contribution in [0, 0.1) is 10.5 Å². The number of rotatable bonds is 1. The van der Waals surface area contributed by atoms with Crippen molar-refractivity contribution in [1.82, 2.24) is 4.98 Å². The fourth-order valence-corrected chi connectivity index (χ4v) is 2.30. The zero-order chi connectivity index (χ0) is 11.0. The number of fused-ring (bicyclic) bond motifs is 1. The largest absolute Gasteiger partial charge is 0.370 e. The minimum Gasteiger partial charge on any atom is -0.370 e. The third kappa shape index (κ3) is 2.06. The topological polar surface area (TPSA) is 80.2 Å². The fraction of sp³-hybridized carbons (Fsp3) is 0.100. The van der Waals surface area contributed by atoms with Crippen molar-refractivity contribution in [1.29, 1.82) is 0 Å². The summed E-state index contributed by atoms with van der Waals surface area (Å²) in [6.07, 6.45) is 0. The standard InChI is InChI=1S/C10H11IN4/c1-5-2-6-3-7(15-10(12)13)4-8(11)9(6)14-5/h2-4,14H,1H3,(H4,12,13,15). The van der Waals surface area contributed by atoms with Crippen LogP contribution in [0.25, 0.3) is 10.9 Å². The van der Waals surface area contributed by atoms with Gasteiger partial charge in [-0.25, -0.2) is 4.99 Å². The molecule has 0 aliphatic carbocycles. The predicted octanol–water partition coefficient (Wildman–Crippen LogP) is 1.99. The number of nitrogens with two attached hydrogens (primary N) is 2. The minimum atomic E-state index is 0.0809. The molecule has 0 bridgehead atoms. The highest BCUT2D eigenvalue weighted by Crippen LogP contribution is 2.27. The second kappa shape index (κ2) is 3.73. The van der Waals surface area contributed by atoms with Gasteiger partial charge in [0, 0.05) is 14.7 Å². The average Bonchev–Trinajstić information content (AvgIpc) is 2.44. The fourth-order valence-electron chi connectivity index (χ4n) is 1.54. The van der Waals surface area contributed by atoms with E-state index in [0.29, 0.717) is 0 Å². The van der Waals surface area contributed by atoms with Crippen molar-refractivity contribution in [2.45, 2.75) is 6.92 Å². The molecule has 0 spiro atoms. The highest BCUT2D eigenvalue weighted by molar-refractivity contribution is 14.1. The van der Waals surface area contributed by atoms with Crippen molar-refractivity contribution in [3.8, 4) is 0 Å². The summed E-state index contributed by atoms with van der Waals surface area (Å²) < 4.78 is 1.11. The van der Waals surface area contributed by atoms with Gasteiger partial charge in [-0.05, 0) is 47.7 Å². The number of benzene rings is 1. The van der Waals surface area contributed by atoms with E-state index in [-0.39, 0.29) is 5.96 Å². The molecule has 15 heavy (non-hydrogen) atoms. The van der Waals surface area contributed by atoms with Crippen LogP contribution in [0.2, 0.25) is 0 Å². The molecule has 1 aromatic heterocycles. The van der Waals surface area contributed by atoms with Crippen molar-refractivity contribution in [3.63, 3.8) is 0 Å². The van der Waals surface area contributed by atoms with Crippen LogP contribution in [0.4, 0.5) is 5.69 Å². The maximum absolute atomic E-state index is 5.34. The molecule has 2 aromatic rings. The summed E-state index contributed by atoms with van der Waals surface area (Å²) in [5.74, 6) is 0.0809. The van der Waals surface area contributed by atoms with Gasteiger partial charge in [-0.2, -0.15) is 0 Å². The first-order chi connectivity index (χ1) is 7.06. The molecule has 1 heterocycles. The second-order valence-corrected chi connectivity index (χ2v) is 4.54. The molecule has 0 aliphatic heterocycles. The number of nitrogens with zero attached hydrogens (tertiary/aromatic N) is 1. The third-order valence-corrected chi connectivity index (χ3v) is 2.91. The zero-order valence-corrected chi connectivity index (χ0v) is 10.4. The summed E-state index contributed by atoms with van der Waals surface area (Å²) in [6.45, 7) is 2.02. The third-order valence-electron chi connectivity index (χ3n) is 2.06. The van der Waals surface area contributed by atoms with Gasteiger partial charge in [0.15, 0.2) is 5.96 Å². The molecular formula is C10H11IN4. The van der Waals surface area contributed by atoms with E-state index in [1.807, 2.05) is 19.1 Å². The first-order valence-electron chi connectivity index (χ1n) is 4.45. The van der Waals surface area contributed by atoms with Crippen LogP contribution in [0.3, 0.4) is 0 Å². The quantitative estimate of drug-likeness (QED) is 0.427. The molecule has 5 heteroatoms. The Hall–Kier alpha value is -1.24. The summed E-state index contributed by atoms with van der Waals surface area (Å²) in [6, 6.07) is 5.97. The number of aryl methyl sites for hydroxylation is 1. The SMILES string of the molecule is Cc1cc2cc(N=C(N)N)cc(I)c2[nH]1. The number of nitrogens with one attached hydrogen (secondary N) is 1. The van der Waals surface area contributed by atoms with Gasteiger partial charge in [0.05, 0.1) is 11.2 Å². The van der Waals surface area contributed by atoms with Crippen molar-refractivity contribution >= 4 is 45.1 Å². The second-order valence-electron chi connectivity index (χ2n) is 3.38. The summed E-state index contributed by atoms with van der Waals surface area (Å²) in [5.41, 5.74) is 13.7. The molecule has 0 saturated heterocycles. The molecular weight excluding hydrogens is 303 g/mol. The monoisotopic (exact) mass is 314 g/mol. The molecule has 0 aliphatic rings. The van der Waals surface area contributed by atoms with Crippen molar-refractivity contribution in [2.24, 2.45) is 16.5 Å². The molecule has 0 radical (unpaired) electrons. The number of hydrogen-bond acceptors (Lipinski definition) is 1. The van der Waals surface area contributed by atoms with Gasteiger partial charge in [0.1, 0.15) is 0 Å². The van der Waals surface area contributed by atoms with E-state index in [1.54, 1.807) is 0 Å². The molecule has 5 N–H and O–H groups in total. The highest BCUT2D eigenvalue weighted by Gasteiger charge is 2.04. The lowest BCUT2D eigenvalue weighted by Crippen LogP contribution is -2.21. The molecule has 0 unspecified atom stereocenters.